The zero-order valence-electron chi connectivity index (χ0n) is 14.9. The van der Waals surface area contributed by atoms with Gasteiger partial charge >= 0.3 is 0 Å². The van der Waals surface area contributed by atoms with Crippen molar-refractivity contribution in [3.63, 3.8) is 0 Å². The highest BCUT2D eigenvalue weighted by Gasteiger charge is 2.07. The van der Waals surface area contributed by atoms with Crippen LogP contribution >= 0.6 is 12.2 Å². The molecule has 0 aliphatic heterocycles. The van der Waals surface area contributed by atoms with E-state index in [1.54, 1.807) is 6.20 Å². The third-order valence-electron chi connectivity index (χ3n) is 3.51. The monoisotopic (exact) mass is 371 g/mol. The predicted octanol–water partition coefficient (Wildman–Crippen LogP) is 2.36. The number of nitrogens with zero attached hydrogens (tertiary/aromatic N) is 2. The molecule has 1 aromatic heterocycles. The number of aliphatic imine (C=N–C) groups is 1. The van der Waals surface area contributed by atoms with Crippen LogP contribution in [0.25, 0.3) is 0 Å². The topological polar surface area (TPSA) is 84.6 Å². The van der Waals surface area contributed by atoms with E-state index in [4.69, 9.17) is 22.7 Å². The molecular formula is C19H25N5OS. The van der Waals surface area contributed by atoms with Crippen LogP contribution in [0.4, 0.5) is 0 Å². The summed E-state index contributed by atoms with van der Waals surface area (Å²) in [7, 11) is 0. The second kappa shape index (κ2) is 11.2. The lowest BCUT2D eigenvalue weighted by Gasteiger charge is -2.18. The third kappa shape index (κ3) is 8.04. The molecule has 26 heavy (non-hydrogen) atoms. The summed E-state index contributed by atoms with van der Waals surface area (Å²) in [6.07, 6.45) is 3.29. The molecule has 1 atom stereocenters. The van der Waals surface area contributed by atoms with Crippen molar-refractivity contribution in [3.8, 4) is 0 Å². The van der Waals surface area contributed by atoms with Crippen LogP contribution in [-0.2, 0) is 17.8 Å². The van der Waals surface area contributed by atoms with Crippen molar-refractivity contribution in [2.24, 2.45) is 10.7 Å². The first-order chi connectivity index (χ1) is 12.6. The van der Waals surface area contributed by atoms with Crippen molar-refractivity contribution in [1.29, 1.82) is 0 Å². The standard InChI is InChI=1S/C19H25N5OS/c1-15(25-14-16-8-3-2-4-9-16)23-19(24-18(20)26)22-13-7-11-17-10-5-6-12-21-17/h2-6,8-10,12,15H,7,11,13-14H2,1H3,(H4,20,22,23,24,26). The van der Waals surface area contributed by atoms with E-state index in [-0.39, 0.29) is 11.3 Å². The Balaban J connectivity index is 1.80. The molecule has 4 N–H and O–H groups in total. The quantitative estimate of drug-likeness (QED) is 0.217. The number of benzene rings is 1. The van der Waals surface area contributed by atoms with Crippen LogP contribution in [0, 0.1) is 0 Å². The summed E-state index contributed by atoms with van der Waals surface area (Å²) in [5.41, 5.74) is 7.74. The van der Waals surface area contributed by atoms with Gasteiger partial charge in [0, 0.05) is 18.4 Å². The largest absolute Gasteiger partial charge is 0.376 e. The van der Waals surface area contributed by atoms with Crippen LogP contribution in [0.2, 0.25) is 0 Å². The Morgan fingerprint density at radius 1 is 1.23 bits per heavy atom. The van der Waals surface area contributed by atoms with Crippen LogP contribution in [0.15, 0.2) is 59.7 Å². The predicted molar refractivity (Wildman–Crippen MR) is 109 cm³/mol. The molecule has 0 spiro atoms. The fraction of sp³-hybridized carbons (Fsp3) is 0.316. The summed E-state index contributed by atoms with van der Waals surface area (Å²) in [5.74, 6) is 0.513. The van der Waals surface area contributed by atoms with Gasteiger partial charge in [0.25, 0.3) is 0 Å². The molecule has 0 aliphatic carbocycles. The molecule has 138 valence electrons. The Bertz CT molecular complexity index is 694. The minimum absolute atomic E-state index is 0.163. The number of guanidine groups is 1. The SMILES string of the molecule is CC(NC(=NCCCc1ccccn1)NC(N)=S)OCc1ccccc1. The van der Waals surface area contributed by atoms with Crippen LogP contribution in [0.3, 0.4) is 0 Å². The lowest BCUT2D eigenvalue weighted by Crippen LogP contribution is -2.47. The van der Waals surface area contributed by atoms with E-state index in [0.717, 1.165) is 24.1 Å². The van der Waals surface area contributed by atoms with Gasteiger partial charge in [-0.05, 0) is 49.7 Å². The summed E-state index contributed by atoms with van der Waals surface area (Å²) in [6.45, 7) is 3.04. The molecule has 0 aliphatic rings. The van der Waals surface area contributed by atoms with Crippen LogP contribution in [0.1, 0.15) is 24.6 Å². The van der Waals surface area contributed by atoms with Crippen molar-refractivity contribution in [2.45, 2.75) is 32.6 Å². The summed E-state index contributed by atoms with van der Waals surface area (Å²) < 4.78 is 5.79. The highest BCUT2D eigenvalue weighted by molar-refractivity contribution is 7.80. The molecule has 7 heteroatoms. The van der Waals surface area contributed by atoms with Crippen molar-refractivity contribution in [1.82, 2.24) is 15.6 Å². The van der Waals surface area contributed by atoms with Gasteiger partial charge in [-0.2, -0.15) is 0 Å². The minimum Gasteiger partial charge on any atom is -0.376 e. The number of rotatable bonds is 8. The van der Waals surface area contributed by atoms with Crippen molar-refractivity contribution < 1.29 is 4.74 Å². The van der Waals surface area contributed by atoms with E-state index in [0.29, 0.717) is 19.1 Å². The zero-order chi connectivity index (χ0) is 18.6. The normalized spacial score (nSPS) is 12.4. The highest BCUT2D eigenvalue weighted by Crippen LogP contribution is 2.02. The van der Waals surface area contributed by atoms with E-state index in [9.17, 15) is 0 Å². The zero-order valence-corrected chi connectivity index (χ0v) is 15.7. The highest BCUT2D eigenvalue weighted by atomic mass is 32.1. The van der Waals surface area contributed by atoms with E-state index < -0.39 is 0 Å². The van der Waals surface area contributed by atoms with Gasteiger partial charge in [0.15, 0.2) is 11.1 Å². The molecule has 0 bridgehead atoms. The number of hydrogen-bond acceptors (Lipinski definition) is 4. The molecule has 2 aromatic rings. The molecule has 1 unspecified atom stereocenters. The van der Waals surface area contributed by atoms with Crippen molar-refractivity contribution in [3.05, 3.63) is 66.0 Å². The van der Waals surface area contributed by atoms with Crippen LogP contribution in [-0.4, -0.2) is 28.8 Å². The minimum atomic E-state index is -0.244. The molecule has 0 radical (unpaired) electrons. The maximum absolute atomic E-state index is 5.79. The molecule has 0 saturated carbocycles. The maximum atomic E-state index is 5.79. The number of aryl methyl sites for hydroxylation is 1. The number of aromatic nitrogens is 1. The molecule has 1 heterocycles. The fourth-order valence-corrected chi connectivity index (χ4v) is 2.36. The fourth-order valence-electron chi connectivity index (χ4n) is 2.26. The number of thiocarbonyl (C=S) groups is 1. The maximum Gasteiger partial charge on any atom is 0.199 e. The summed E-state index contributed by atoms with van der Waals surface area (Å²) in [4.78, 5) is 8.80. The lowest BCUT2D eigenvalue weighted by molar-refractivity contribution is 0.0431. The second-order valence-electron chi connectivity index (χ2n) is 5.73. The summed E-state index contributed by atoms with van der Waals surface area (Å²) >= 11 is 4.92. The summed E-state index contributed by atoms with van der Waals surface area (Å²) in [5, 5.41) is 6.17. The van der Waals surface area contributed by atoms with E-state index in [1.807, 2.05) is 55.5 Å². The van der Waals surface area contributed by atoms with Gasteiger partial charge in [-0.1, -0.05) is 36.4 Å². The Hall–Kier alpha value is -2.51. The van der Waals surface area contributed by atoms with Crippen molar-refractivity contribution in [2.75, 3.05) is 6.54 Å². The molecule has 6 nitrogen and oxygen atoms in total. The number of hydrogen-bond donors (Lipinski definition) is 3. The first-order valence-electron chi connectivity index (χ1n) is 8.56. The lowest BCUT2D eigenvalue weighted by atomic mass is 10.2. The van der Waals surface area contributed by atoms with Crippen LogP contribution in [0.5, 0.6) is 0 Å². The Morgan fingerprint density at radius 2 is 2.00 bits per heavy atom. The van der Waals surface area contributed by atoms with Gasteiger partial charge in [-0.25, -0.2) is 0 Å². The Labute approximate surface area is 159 Å². The van der Waals surface area contributed by atoms with Gasteiger partial charge in [0.05, 0.1) is 6.61 Å². The van der Waals surface area contributed by atoms with Gasteiger partial charge < -0.3 is 21.1 Å². The molecule has 1 aromatic carbocycles. The van der Waals surface area contributed by atoms with Gasteiger partial charge in [-0.15, -0.1) is 0 Å². The third-order valence-corrected chi connectivity index (χ3v) is 3.61. The molecular weight excluding hydrogens is 346 g/mol. The smallest absolute Gasteiger partial charge is 0.199 e. The average molecular weight is 372 g/mol. The second-order valence-corrected chi connectivity index (χ2v) is 6.17. The van der Waals surface area contributed by atoms with Gasteiger partial charge in [-0.3, -0.25) is 9.98 Å². The number of pyridine rings is 1. The van der Waals surface area contributed by atoms with Gasteiger partial charge in [0.1, 0.15) is 6.23 Å². The summed E-state index contributed by atoms with van der Waals surface area (Å²) in [6, 6.07) is 15.9. The molecule has 0 fully saturated rings. The number of nitrogens with one attached hydrogen (secondary N) is 2. The Morgan fingerprint density at radius 3 is 2.69 bits per heavy atom. The Kier molecular flexibility index (Phi) is 8.51. The van der Waals surface area contributed by atoms with Gasteiger partial charge in [0.2, 0.25) is 0 Å². The number of ether oxygens (including phenoxy) is 1. The number of nitrogens with two attached hydrogens (primary N) is 1. The van der Waals surface area contributed by atoms with Crippen LogP contribution < -0.4 is 16.4 Å². The van der Waals surface area contributed by atoms with E-state index in [2.05, 4.69) is 20.6 Å². The molecule has 0 saturated heterocycles. The first kappa shape index (κ1) is 19.8. The van der Waals surface area contributed by atoms with E-state index >= 15 is 0 Å². The molecule has 2 rings (SSSR count). The van der Waals surface area contributed by atoms with Crippen molar-refractivity contribution >= 4 is 23.3 Å². The average Bonchev–Trinajstić information content (AvgIpc) is 2.65. The van der Waals surface area contributed by atoms with E-state index in [1.165, 1.54) is 0 Å². The first-order valence-corrected chi connectivity index (χ1v) is 8.97. The molecule has 0 amide bonds.